The fraction of sp³-hybridized carbons (Fsp3) is 0.684. The van der Waals surface area contributed by atoms with Gasteiger partial charge in [0.1, 0.15) is 0 Å². The molecule has 0 amide bonds. The van der Waals surface area contributed by atoms with E-state index < -0.39 is 0 Å². The van der Waals surface area contributed by atoms with Gasteiger partial charge in [-0.2, -0.15) is 0 Å². The quantitative estimate of drug-likeness (QED) is 0.769. The monoisotopic (exact) mass is 305 g/mol. The number of benzene rings is 1. The predicted octanol–water partition coefficient (Wildman–Crippen LogP) is 5.39. The third-order valence-corrected chi connectivity index (χ3v) is 5.85. The molecule has 2 fully saturated rings. The summed E-state index contributed by atoms with van der Waals surface area (Å²) in [7, 11) is 0. The van der Waals surface area contributed by atoms with Crippen molar-refractivity contribution in [1.29, 1.82) is 0 Å². The molecular formula is C19H28ClN. The largest absolute Gasteiger partial charge is 0.314 e. The van der Waals surface area contributed by atoms with Crippen LogP contribution in [-0.4, -0.2) is 12.6 Å². The van der Waals surface area contributed by atoms with E-state index >= 15 is 0 Å². The third-order valence-electron chi connectivity index (χ3n) is 5.60. The molecule has 0 aromatic heterocycles. The lowest BCUT2D eigenvalue weighted by molar-refractivity contribution is 0.251. The second-order valence-corrected chi connectivity index (χ2v) is 7.72. The maximum Gasteiger partial charge on any atom is 0.0406 e. The molecule has 1 aromatic rings. The Morgan fingerprint density at radius 1 is 1.05 bits per heavy atom. The lowest BCUT2D eigenvalue weighted by Gasteiger charge is -2.37. The van der Waals surface area contributed by atoms with Crippen molar-refractivity contribution in [2.45, 2.75) is 63.8 Å². The molecule has 0 spiro atoms. The van der Waals surface area contributed by atoms with Crippen LogP contribution in [0, 0.1) is 11.8 Å². The van der Waals surface area contributed by atoms with Gasteiger partial charge in [-0.05, 0) is 61.3 Å². The summed E-state index contributed by atoms with van der Waals surface area (Å²) in [6.07, 6.45) is 9.79. The molecule has 0 atom stereocenters. The van der Waals surface area contributed by atoms with Crippen LogP contribution in [0.5, 0.6) is 0 Å². The fourth-order valence-electron chi connectivity index (χ4n) is 3.90. The van der Waals surface area contributed by atoms with Crippen molar-refractivity contribution in [1.82, 2.24) is 5.32 Å². The number of halogens is 1. The van der Waals surface area contributed by atoms with Gasteiger partial charge in [-0.3, -0.25) is 0 Å². The molecule has 0 bridgehead atoms. The van der Waals surface area contributed by atoms with Crippen molar-refractivity contribution >= 4 is 11.6 Å². The van der Waals surface area contributed by atoms with Crippen molar-refractivity contribution in [3.63, 3.8) is 0 Å². The summed E-state index contributed by atoms with van der Waals surface area (Å²) in [6.45, 7) is 3.62. The van der Waals surface area contributed by atoms with Gasteiger partial charge in [0, 0.05) is 11.1 Å². The summed E-state index contributed by atoms with van der Waals surface area (Å²) in [5.74, 6) is 2.71. The first-order valence-electron chi connectivity index (χ1n) is 8.69. The molecule has 0 saturated heterocycles. The molecule has 116 valence electrons. The maximum atomic E-state index is 5.95. The summed E-state index contributed by atoms with van der Waals surface area (Å²) in [5, 5.41) is 4.60. The Labute approximate surface area is 134 Å². The van der Waals surface area contributed by atoms with Gasteiger partial charge < -0.3 is 5.32 Å². The zero-order chi connectivity index (χ0) is 14.7. The second kappa shape index (κ2) is 7.15. The van der Waals surface area contributed by atoms with Crippen LogP contribution < -0.4 is 5.32 Å². The van der Waals surface area contributed by atoms with Crippen molar-refractivity contribution in [2.24, 2.45) is 11.8 Å². The van der Waals surface area contributed by atoms with Crippen molar-refractivity contribution in [2.75, 3.05) is 6.54 Å². The Balaban J connectivity index is 1.31. The topological polar surface area (TPSA) is 12.0 Å². The van der Waals surface area contributed by atoms with E-state index in [1.807, 2.05) is 12.1 Å². The summed E-state index contributed by atoms with van der Waals surface area (Å²) in [4.78, 5) is 0. The van der Waals surface area contributed by atoms with Gasteiger partial charge in [0.15, 0.2) is 0 Å². The van der Waals surface area contributed by atoms with Gasteiger partial charge in [-0.1, -0.05) is 56.3 Å². The Morgan fingerprint density at radius 2 is 1.71 bits per heavy atom. The van der Waals surface area contributed by atoms with E-state index in [2.05, 4.69) is 24.4 Å². The second-order valence-electron chi connectivity index (χ2n) is 7.29. The van der Waals surface area contributed by atoms with Crippen molar-refractivity contribution < 1.29 is 0 Å². The van der Waals surface area contributed by atoms with E-state index in [1.54, 1.807) is 0 Å². The molecule has 2 saturated carbocycles. The molecule has 2 aliphatic carbocycles. The first kappa shape index (κ1) is 15.4. The van der Waals surface area contributed by atoms with E-state index in [0.717, 1.165) is 28.8 Å². The minimum absolute atomic E-state index is 0.744. The molecular weight excluding hydrogens is 278 g/mol. The van der Waals surface area contributed by atoms with Gasteiger partial charge in [-0.25, -0.2) is 0 Å². The standard InChI is InChI=1S/C19H28ClN/c1-14-2-4-15(5-3-14)10-11-21-19-12-17(13-19)16-6-8-18(20)9-7-16/h6-9,14-15,17,19,21H,2-5,10-13H2,1H3. The molecule has 1 N–H and O–H groups in total. The van der Waals surface area contributed by atoms with Crippen LogP contribution in [0.4, 0.5) is 0 Å². The first-order chi connectivity index (χ1) is 10.2. The van der Waals surface area contributed by atoms with Gasteiger partial charge in [0.2, 0.25) is 0 Å². The van der Waals surface area contributed by atoms with E-state index in [9.17, 15) is 0 Å². The Hall–Kier alpha value is -0.530. The lowest BCUT2D eigenvalue weighted by atomic mass is 9.75. The van der Waals surface area contributed by atoms with Crippen LogP contribution in [0.1, 0.15) is 63.4 Å². The van der Waals surface area contributed by atoms with E-state index in [4.69, 9.17) is 11.6 Å². The van der Waals surface area contributed by atoms with Crippen LogP contribution >= 0.6 is 11.6 Å². The van der Waals surface area contributed by atoms with E-state index in [1.165, 1.54) is 57.1 Å². The Morgan fingerprint density at radius 3 is 2.38 bits per heavy atom. The van der Waals surface area contributed by atoms with Crippen molar-refractivity contribution in [3.05, 3.63) is 34.9 Å². The molecule has 2 heteroatoms. The molecule has 1 nitrogen and oxygen atoms in total. The Bertz CT molecular complexity index is 427. The van der Waals surface area contributed by atoms with Gasteiger partial charge in [0.05, 0.1) is 0 Å². The summed E-state index contributed by atoms with van der Waals surface area (Å²) >= 11 is 5.95. The third kappa shape index (κ3) is 4.23. The molecule has 2 aliphatic rings. The van der Waals surface area contributed by atoms with Gasteiger partial charge in [-0.15, -0.1) is 0 Å². The molecule has 1 aromatic carbocycles. The molecule has 0 radical (unpaired) electrons. The Kier molecular flexibility index (Phi) is 5.24. The van der Waals surface area contributed by atoms with Gasteiger partial charge in [0.25, 0.3) is 0 Å². The first-order valence-corrected chi connectivity index (χ1v) is 9.07. The zero-order valence-electron chi connectivity index (χ0n) is 13.2. The minimum Gasteiger partial charge on any atom is -0.314 e. The normalized spacial score (nSPS) is 32.7. The molecule has 0 aliphatic heterocycles. The lowest BCUT2D eigenvalue weighted by Crippen LogP contribution is -2.41. The number of hydrogen-bond donors (Lipinski definition) is 1. The van der Waals surface area contributed by atoms with Crippen LogP contribution in [-0.2, 0) is 0 Å². The summed E-state index contributed by atoms with van der Waals surface area (Å²) < 4.78 is 0. The molecule has 0 heterocycles. The SMILES string of the molecule is CC1CCC(CCNC2CC(c3ccc(Cl)cc3)C2)CC1. The average molecular weight is 306 g/mol. The highest BCUT2D eigenvalue weighted by atomic mass is 35.5. The highest BCUT2D eigenvalue weighted by Gasteiger charge is 2.29. The highest BCUT2D eigenvalue weighted by molar-refractivity contribution is 6.30. The van der Waals surface area contributed by atoms with Crippen LogP contribution in [0.25, 0.3) is 0 Å². The van der Waals surface area contributed by atoms with Gasteiger partial charge >= 0.3 is 0 Å². The van der Waals surface area contributed by atoms with Crippen LogP contribution in [0.2, 0.25) is 5.02 Å². The highest BCUT2D eigenvalue weighted by Crippen LogP contribution is 2.37. The smallest absolute Gasteiger partial charge is 0.0406 e. The summed E-state index contributed by atoms with van der Waals surface area (Å²) in [5.41, 5.74) is 1.46. The fourth-order valence-corrected chi connectivity index (χ4v) is 4.03. The van der Waals surface area contributed by atoms with Crippen molar-refractivity contribution in [3.8, 4) is 0 Å². The zero-order valence-corrected chi connectivity index (χ0v) is 13.9. The van der Waals surface area contributed by atoms with Crippen LogP contribution in [0.15, 0.2) is 24.3 Å². The minimum atomic E-state index is 0.744. The average Bonchev–Trinajstić information content (AvgIpc) is 2.45. The predicted molar refractivity (Wildman–Crippen MR) is 91.0 cm³/mol. The number of nitrogens with one attached hydrogen (secondary N) is 1. The number of hydrogen-bond acceptors (Lipinski definition) is 1. The van der Waals surface area contributed by atoms with E-state index in [0.29, 0.717) is 0 Å². The molecule has 3 rings (SSSR count). The molecule has 0 unspecified atom stereocenters. The molecule has 21 heavy (non-hydrogen) atoms. The maximum absolute atomic E-state index is 5.95. The van der Waals surface area contributed by atoms with E-state index in [-0.39, 0.29) is 0 Å². The number of rotatable bonds is 5. The summed E-state index contributed by atoms with van der Waals surface area (Å²) in [6, 6.07) is 9.15. The van der Waals surface area contributed by atoms with Crippen LogP contribution in [0.3, 0.4) is 0 Å².